The van der Waals surface area contributed by atoms with Crippen molar-refractivity contribution in [3.8, 4) is 6.07 Å². The Balaban J connectivity index is 2.04. The van der Waals surface area contributed by atoms with Crippen molar-refractivity contribution in [2.45, 2.75) is 12.1 Å². The topological polar surface area (TPSA) is 30.3 Å². The van der Waals surface area contributed by atoms with Gasteiger partial charge in [-0.25, -0.2) is 0 Å². The number of rotatable bonds is 3. The zero-order valence-electron chi connectivity index (χ0n) is 11.3. The van der Waals surface area contributed by atoms with E-state index in [9.17, 15) is 18.4 Å². The third-order valence-corrected chi connectivity index (χ3v) is 3.76. The Hall–Kier alpha value is -1.45. The molecule has 2 rings (SSSR count). The zero-order valence-corrected chi connectivity index (χ0v) is 12.1. The van der Waals surface area contributed by atoms with Crippen LogP contribution in [0.3, 0.4) is 0 Å². The van der Waals surface area contributed by atoms with Gasteiger partial charge in [-0.05, 0) is 17.7 Å². The number of nitrogens with zero attached hydrogens (tertiary/aromatic N) is 3. The standard InChI is InChI=1S/C14H15ClF3N3/c15-8-11-1-2-13(12(7-11)9-19)21-5-3-20(4-6-21)10-14(16,17)18/h1-2,7H,3-6,8,10H2. The van der Waals surface area contributed by atoms with Crippen LogP contribution in [0, 0.1) is 11.3 Å². The summed E-state index contributed by atoms with van der Waals surface area (Å²) in [7, 11) is 0. The highest BCUT2D eigenvalue weighted by Gasteiger charge is 2.32. The maximum atomic E-state index is 12.4. The molecule has 0 atom stereocenters. The van der Waals surface area contributed by atoms with E-state index in [-0.39, 0.29) is 0 Å². The summed E-state index contributed by atoms with van der Waals surface area (Å²) >= 11 is 5.74. The molecule has 1 aromatic carbocycles. The monoisotopic (exact) mass is 317 g/mol. The molecule has 114 valence electrons. The molecule has 1 aliphatic rings. The highest BCUT2D eigenvalue weighted by atomic mass is 35.5. The van der Waals surface area contributed by atoms with Gasteiger partial charge >= 0.3 is 6.18 Å². The Morgan fingerprint density at radius 1 is 1.19 bits per heavy atom. The summed E-state index contributed by atoms with van der Waals surface area (Å²) in [6.45, 7) is 0.746. The Morgan fingerprint density at radius 3 is 2.38 bits per heavy atom. The van der Waals surface area contributed by atoms with E-state index in [1.807, 2.05) is 17.0 Å². The first-order chi connectivity index (χ1) is 9.93. The van der Waals surface area contributed by atoms with Crippen molar-refractivity contribution >= 4 is 17.3 Å². The van der Waals surface area contributed by atoms with Crippen LogP contribution in [0.2, 0.25) is 0 Å². The molecule has 0 aliphatic carbocycles. The quantitative estimate of drug-likeness (QED) is 0.803. The van der Waals surface area contributed by atoms with Gasteiger partial charge < -0.3 is 4.90 Å². The first-order valence-electron chi connectivity index (χ1n) is 6.56. The number of halogens is 4. The van der Waals surface area contributed by atoms with Gasteiger partial charge in [0.05, 0.1) is 17.8 Å². The number of benzene rings is 1. The van der Waals surface area contributed by atoms with Crippen LogP contribution >= 0.6 is 11.6 Å². The SMILES string of the molecule is N#Cc1cc(CCl)ccc1N1CCN(CC(F)(F)F)CC1. The van der Waals surface area contributed by atoms with Gasteiger partial charge in [0.2, 0.25) is 0 Å². The first kappa shape index (κ1) is 15.9. The van der Waals surface area contributed by atoms with E-state index in [2.05, 4.69) is 6.07 Å². The molecular weight excluding hydrogens is 303 g/mol. The van der Waals surface area contributed by atoms with Gasteiger partial charge in [0, 0.05) is 32.1 Å². The summed E-state index contributed by atoms with van der Waals surface area (Å²) in [6, 6.07) is 7.50. The lowest BCUT2D eigenvalue weighted by molar-refractivity contribution is -0.146. The molecule has 0 amide bonds. The van der Waals surface area contributed by atoms with Crippen LogP contribution in [0.25, 0.3) is 0 Å². The van der Waals surface area contributed by atoms with E-state index in [1.165, 1.54) is 4.90 Å². The lowest BCUT2D eigenvalue weighted by Crippen LogP contribution is -2.49. The Kier molecular flexibility index (Phi) is 4.96. The molecule has 0 spiro atoms. The van der Waals surface area contributed by atoms with Gasteiger partial charge in [0.25, 0.3) is 0 Å². The van der Waals surface area contributed by atoms with Crippen LogP contribution < -0.4 is 4.90 Å². The predicted octanol–water partition coefficient (Wildman–Crippen LogP) is 2.98. The van der Waals surface area contributed by atoms with E-state index in [1.54, 1.807) is 6.07 Å². The average molecular weight is 318 g/mol. The molecule has 1 aromatic rings. The minimum Gasteiger partial charge on any atom is -0.368 e. The molecule has 0 saturated carbocycles. The van der Waals surface area contributed by atoms with Gasteiger partial charge in [-0.3, -0.25) is 4.90 Å². The fourth-order valence-electron chi connectivity index (χ4n) is 2.43. The largest absolute Gasteiger partial charge is 0.401 e. The summed E-state index contributed by atoms with van der Waals surface area (Å²) in [6.07, 6.45) is -4.16. The van der Waals surface area contributed by atoms with Crippen molar-refractivity contribution in [1.29, 1.82) is 5.26 Å². The second-order valence-corrected chi connectivity index (χ2v) is 5.24. The van der Waals surface area contributed by atoms with Gasteiger partial charge in [-0.1, -0.05) is 6.07 Å². The van der Waals surface area contributed by atoms with Crippen LogP contribution in [0.4, 0.5) is 18.9 Å². The van der Waals surface area contributed by atoms with Gasteiger partial charge in [0.1, 0.15) is 6.07 Å². The van der Waals surface area contributed by atoms with Crippen LogP contribution in [0.1, 0.15) is 11.1 Å². The lowest BCUT2D eigenvalue weighted by atomic mass is 10.1. The van der Waals surface area contributed by atoms with E-state index in [0.29, 0.717) is 37.6 Å². The molecule has 0 N–H and O–H groups in total. The van der Waals surface area contributed by atoms with Gasteiger partial charge in [-0.15, -0.1) is 11.6 Å². The van der Waals surface area contributed by atoms with E-state index in [0.717, 1.165) is 11.3 Å². The summed E-state index contributed by atoms with van der Waals surface area (Å²) in [4.78, 5) is 3.33. The molecule has 1 aliphatic heterocycles. The molecular formula is C14H15ClF3N3. The maximum absolute atomic E-state index is 12.4. The normalized spacial score (nSPS) is 16.8. The number of hydrogen-bond acceptors (Lipinski definition) is 3. The fraction of sp³-hybridized carbons (Fsp3) is 0.500. The summed E-state index contributed by atoms with van der Waals surface area (Å²) in [5, 5.41) is 9.19. The molecule has 0 aromatic heterocycles. The summed E-state index contributed by atoms with van der Waals surface area (Å²) < 4.78 is 37.1. The molecule has 3 nitrogen and oxygen atoms in total. The average Bonchev–Trinajstić information content (AvgIpc) is 2.46. The summed E-state index contributed by atoms with van der Waals surface area (Å²) in [5.74, 6) is 0.328. The molecule has 1 saturated heterocycles. The minimum atomic E-state index is -4.16. The Labute approximate surface area is 126 Å². The van der Waals surface area contributed by atoms with Crippen LogP contribution in [-0.2, 0) is 5.88 Å². The Morgan fingerprint density at radius 2 is 1.86 bits per heavy atom. The van der Waals surface area contributed by atoms with Crippen molar-refractivity contribution in [2.75, 3.05) is 37.6 Å². The number of nitriles is 1. The molecule has 0 bridgehead atoms. The highest BCUT2D eigenvalue weighted by Crippen LogP contribution is 2.24. The molecule has 0 unspecified atom stereocenters. The Bertz CT molecular complexity index is 531. The van der Waals surface area contributed by atoms with Crippen LogP contribution in [0.15, 0.2) is 18.2 Å². The molecule has 21 heavy (non-hydrogen) atoms. The number of hydrogen-bond donors (Lipinski definition) is 0. The molecule has 0 radical (unpaired) electrons. The van der Waals surface area contributed by atoms with E-state index >= 15 is 0 Å². The predicted molar refractivity (Wildman–Crippen MR) is 75.4 cm³/mol. The third kappa shape index (κ3) is 4.26. The molecule has 1 heterocycles. The third-order valence-electron chi connectivity index (χ3n) is 3.45. The molecule has 1 fully saturated rings. The van der Waals surface area contributed by atoms with E-state index < -0.39 is 12.7 Å². The highest BCUT2D eigenvalue weighted by molar-refractivity contribution is 6.17. The maximum Gasteiger partial charge on any atom is 0.401 e. The van der Waals surface area contributed by atoms with Gasteiger partial charge in [-0.2, -0.15) is 18.4 Å². The van der Waals surface area contributed by atoms with Crippen molar-refractivity contribution < 1.29 is 13.2 Å². The summed E-state index contributed by atoms with van der Waals surface area (Å²) in [5.41, 5.74) is 2.13. The second-order valence-electron chi connectivity index (χ2n) is 4.98. The minimum absolute atomic E-state index is 0.328. The van der Waals surface area contributed by atoms with Crippen molar-refractivity contribution in [3.63, 3.8) is 0 Å². The van der Waals surface area contributed by atoms with Crippen molar-refractivity contribution in [3.05, 3.63) is 29.3 Å². The van der Waals surface area contributed by atoms with Crippen LogP contribution in [0.5, 0.6) is 0 Å². The zero-order chi connectivity index (χ0) is 15.5. The van der Waals surface area contributed by atoms with Crippen molar-refractivity contribution in [2.24, 2.45) is 0 Å². The second kappa shape index (κ2) is 6.54. The van der Waals surface area contributed by atoms with Gasteiger partial charge in [0.15, 0.2) is 0 Å². The first-order valence-corrected chi connectivity index (χ1v) is 7.09. The number of anilines is 1. The van der Waals surface area contributed by atoms with E-state index in [4.69, 9.17) is 11.6 Å². The molecule has 7 heteroatoms. The number of piperazine rings is 1. The lowest BCUT2D eigenvalue weighted by Gasteiger charge is -2.36. The number of alkyl halides is 4. The fourth-order valence-corrected chi connectivity index (χ4v) is 2.60. The smallest absolute Gasteiger partial charge is 0.368 e. The van der Waals surface area contributed by atoms with Crippen LogP contribution in [-0.4, -0.2) is 43.8 Å². The van der Waals surface area contributed by atoms with Crippen molar-refractivity contribution in [1.82, 2.24) is 4.90 Å².